The summed E-state index contributed by atoms with van der Waals surface area (Å²) in [5, 5.41) is 16.2. The maximum atomic E-state index is 12.3. The van der Waals surface area contributed by atoms with Crippen LogP contribution in [0.3, 0.4) is 0 Å². The number of aliphatic hydroxyl groups is 1. The summed E-state index contributed by atoms with van der Waals surface area (Å²) in [7, 11) is 0. The lowest BCUT2D eigenvalue weighted by atomic mass is 9.89. The molecule has 0 unspecified atom stereocenters. The Morgan fingerprint density at radius 2 is 2.18 bits per heavy atom. The summed E-state index contributed by atoms with van der Waals surface area (Å²) in [4.78, 5) is 16.5. The first-order valence-electron chi connectivity index (χ1n) is 7.37. The first-order valence-corrected chi connectivity index (χ1v) is 7.37. The molecule has 2 rings (SSSR count). The number of nitrogens with one attached hydrogen (secondary N) is 1. The number of hydrogen-bond acceptors (Lipinski definition) is 4. The van der Waals surface area contributed by atoms with Crippen molar-refractivity contribution in [3.63, 3.8) is 0 Å². The smallest absolute Gasteiger partial charge is 0.255 e. The number of hydrogen-bond donors (Lipinski definition) is 2. The number of carbonyl (C=O) groups is 1. The van der Waals surface area contributed by atoms with Gasteiger partial charge in [-0.15, -0.1) is 0 Å². The van der Waals surface area contributed by atoms with Gasteiger partial charge in [0, 0.05) is 31.7 Å². The van der Waals surface area contributed by atoms with Crippen LogP contribution in [0.15, 0.2) is 36.8 Å². The minimum absolute atomic E-state index is 0.112. The third kappa shape index (κ3) is 4.14. The molecule has 22 heavy (non-hydrogen) atoms. The van der Waals surface area contributed by atoms with Gasteiger partial charge in [0.15, 0.2) is 5.82 Å². The average Bonchev–Trinajstić information content (AvgIpc) is 3.05. The first kappa shape index (κ1) is 16.2. The van der Waals surface area contributed by atoms with Crippen LogP contribution in [-0.4, -0.2) is 38.9 Å². The molecular formula is C16H22N4O2. The Morgan fingerprint density at radius 1 is 1.36 bits per heavy atom. The van der Waals surface area contributed by atoms with Crippen LogP contribution in [0.2, 0.25) is 0 Å². The van der Waals surface area contributed by atoms with Gasteiger partial charge in [-0.25, -0.2) is 9.67 Å². The predicted octanol–water partition coefficient (Wildman–Crippen LogP) is 1.80. The van der Waals surface area contributed by atoms with Crippen LogP contribution in [-0.2, 0) is 0 Å². The molecule has 0 bridgehead atoms. The summed E-state index contributed by atoms with van der Waals surface area (Å²) in [5.74, 6) is 0.348. The topological polar surface area (TPSA) is 80.0 Å². The van der Waals surface area contributed by atoms with Gasteiger partial charge in [0.25, 0.3) is 5.91 Å². The van der Waals surface area contributed by atoms with Crippen molar-refractivity contribution in [2.75, 3.05) is 13.2 Å². The van der Waals surface area contributed by atoms with Crippen LogP contribution in [0.5, 0.6) is 0 Å². The van der Waals surface area contributed by atoms with E-state index in [0.717, 1.165) is 12.8 Å². The number of aliphatic hydroxyl groups excluding tert-OH is 1. The third-order valence-corrected chi connectivity index (χ3v) is 3.50. The highest BCUT2D eigenvalue weighted by Crippen LogP contribution is 2.20. The lowest BCUT2D eigenvalue weighted by Gasteiger charge is -2.21. The van der Waals surface area contributed by atoms with E-state index in [0.29, 0.717) is 17.9 Å². The molecule has 0 saturated heterocycles. The summed E-state index contributed by atoms with van der Waals surface area (Å²) in [6.07, 6.45) is 6.70. The maximum Gasteiger partial charge on any atom is 0.255 e. The quantitative estimate of drug-likeness (QED) is 0.764. The molecule has 2 N–H and O–H groups in total. The summed E-state index contributed by atoms with van der Waals surface area (Å²) in [6.45, 7) is 4.72. The van der Waals surface area contributed by atoms with Gasteiger partial charge in [-0.3, -0.25) is 4.79 Å². The van der Waals surface area contributed by atoms with Gasteiger partial charge in [-0.1, -0.05) is 13.8 Å². The van der Waals surface area contributed by atoms with Crippen molar-refractivity contribution in [1.82, 2.24) is 20.1 Å². The van der Waals surface area contributed by atoms with Gasteiger partial charge < -0.3 is 10.4 Å². The zero-order valence-corrected chi connectivity index (χ0v) is 13.0. The van der Waals surface area contributed by atoms with Crippen molar-refractivity contribution in [3.8, 4) is 5.82 Å². The Hall–Kier alpha value is -2.21. The molecule has 0 radical (unpaired) electrons. The molecule has 2 aromatic heterocycles. The van der Waals surface area contributed by atoms with Crippen LogP contribution in [0.25, 0.3) is 5.82 Å². The molecule has 0 spiro atoms. The highest BCUT2D eigenvalue weighted by Gasteiger charge is 2.17. The van der Waals surface area contributed by atoms with Crippen molar-refractivity contribution in [1.29, 1.82) is 0 Å². The van der Waals surface area contributed by atoms with E-state index in [2.05, 4.69) is 15.4 Å². The summed E-state index contributed by atoms with van der Waals surface area (Å²) in [5.41, 5.74) is 0.381. The highest BCUT2D eigenvalue weighted by atomic mass is 16.3. The van der Waals surface area contributed by atoms with Crippen LogP contribution in [0, 0.1) is 5.41 Å². The fraction of sp³-hybridized carbons (Fsp3) is 0.438. The average molecular weight is 302 g/mol. The van der Waals surface area contributed by atoms with E-state index in [-0.39, 0.29) is 17.9 Å². The Balaban J connectivity index is 1.96. The largest absolute Gasteiger partial charge is 0.396 e. The van der Waals surface area contributed by atoms with Crippen LogP contribution in [0.4, 0.5) is 0 Å². The zero-order valence-electron chi connectivity index (χ0n) is 13.0. The number of amides is 1. The van der Waals surface area contributed by atoms with Crippen molar-refractivity contribution in [2.45, 2.75) is 26.7 Å². The van der Waals surface area contributed by atoms with E-state index >= 15 is 0 Å². The maximum absolute atomic E-state index is 12.3. The minimum Gasteiger partial charge on any atom is -0.396 e. The molecule has 6 heteroatoms. The highest BCUT2D eigenvalue weighted by molar-refractivity contribution is 5.97. The van der Waals surface area contributed by atoms with E-state index in [9.17, 15) is 9.90 Å². The molecule has 2 heterocycles. The van der Waals surface area contributed by atoms with Gasteiger partial charge in [0.1, 0.15) is 0 Å². The Bertz CT molecular complexity index is 608. The monoisotopic (exact) mass is 302 g/mol. The van der Waals surface area contributed by atoms with Crippen molar-refractivity contribution < 1.29 is 9.90 Å². The number of rotatable bonds is 7. The SMILES string of the molecule is CC(C)(CO)CCCNC(=O)c1cccnc1-n1cccn1. The van der Waals surface area contributed by atoms with Gasteiger partial charge in [0.05, 0.1) is 5.56 Å². The van der Waals surface area contributed by atoms with E-state index in [1.807, 2.05) is 13.8 Å². The third-order valence-electron chi connectivity index (χ3n) is 3.50. The van der Waals surface area contributed by atoms with Gasteiger partial charge in [-0.05, 0) is 36.5 Å². The van der Waals surface area contributed by atoms with Crippen molar-refractivity contribution in [2.24, 2.45) is 5.41 Å². The number of carbonyl (C=O) groups excluding carboxylic acids is 1. The first-order chi connectivity index (χ1) is 10.5. The number of nitrogens with zero attached hydrogens (tertiary/aromatic N) is 3. The van der Waals surface area contributed by atoms with Crippen LogP contribution >= 0.6 is 0 Å². The van der Waals surface area contributed by atoms with Gasteiger partial charge in [0.2, 0.25) is 0 Å². The lowest BCUT2D eigenvalue weighted by molar-refractivity contribution is 0.0948. The standard InChI is InChI=1S/C16H22N4O2/c1-16(2,12-21)7-4-9-18-15(22)13-6-3-8-17-14(13)20-11-5-10-19-20/h3,5-6,8,10-11,21H,4,7,9,12H2,1-2H3,(H,18,22). The predicted molar refractivity (Wildman–Crippen MR) is 83.8 cm³/mol. The van der Waals surface area contributed by atoms with E-state index in [4.69, 9.17) is 0 Å². The Kier molecular flexibility index (Phi) is 5.27. The number of aromatic nitrogens is 3. The summed E-state index contributed by atoms with van der Waals surface area (Å²) in [6, 6.07) is 5.25. The Morgan fingerprint density at radius 3 is 2.86 bits per heavy atom. The van der Waals surface area contributed by atoms with Gasteiger partial charge >= 0.3 is 0 Å². The second kappa shape index (κ2) is 7.17. The molecule has 118 valence electrons. The zero-order chi connectivity index (χ0) is 16.0. The van der Waals surface area contributed by atoms with Crippen molar-refractivity contribution >= 4 is 5.91 Å². The molecule has 1 amide bonds. The van der Waals surface area contributed by atoms with E-state index < -0.39 is 0 Å². The van der Waals surface area contributed by atoms with E-state index in [1.165, 1.54) is 0 Å². The van der Waals surface area contributed by atoms with E-state index in [1.54, 1.807) is 41.5 Å². The lowest BCUT2D eigenvalue weighted by Crippen LogP contribution is -2.27. The van der Waals surface area contributed by atoms with Crippen LogP contribution in [0.1, 0.15) is 37.0 Å². The van der Waals surface area contributed by atoms with Crippen molar-refractivity contribution in [3.05, 3.63) is 42.4 Å². The molecule has 0 aliphatic carbocycles. The summed E-state index contributed by atoms with van der Waals surface area (Å²) >= 11 is 0. The molecule has 2 aromatic rings. The molecule has 6 nitrogen and oxygen atoms in total. The Labute approximate surface area is 130 Å². The molecule has 0 saturated carbocycles. The normalized spacial score (nSPS) is 11.4. The molecular weight excluding hydrogens is 280 g/mol. The molecule has 0 aliphatic heterocycles. The fourth-order valence-electron chi connectivity index (χ4n) is 2.09. The molecule has 0 fully saturated rings. The number of pyridine rings is 1. The van der Waals surface area contributed by atoms with Crippen LogP contribution < -0.4 is 5.32 Å². The fourth-order valence-corrected chi connectivity index (χ4v) is 2.09. The van der Waals surface area contributed by atoms with Gasteiger partial charge in [-0.2, -0.15) is 5.10 Å². The molecule has 0 aromatic carbocycles. The minimum atomic E-state index is -0.166. The molecule has 0 aliphatic rings. The second-order valence-corrected chi connectivity index (χ2v) is 6.01. The molecule has 0 atom stereocenters. The summed E-state index contributed by atoms with van der Waals surface area (Å²) < 4.78 is 1.57. The second-order valence-electron chi connectivity index (χ2n) is 6.01.